The van der Waals surface area contributed by atoms with E-state index in [1.54, 1.807) is 29.2 Å². The SMILES string of the molecule is O=C(CC(O)c1ccc(Cl)cc1)N1CCC(CO)CC1. The standard InChI is InChI=1S/C15H20ClNO3/c16-13-3-1-12(2-4-13)14(19)9-15(20)17-7-5-11(10-18)6-8-17/h1-4,11,14,18-19H,5-10H2. The lowest BCUT2D eigenvalue weighted by Crippen LogP contribution is -2.39. The average molecular weight is 298 g/mol. The summed E-state index contributed by atoms with van der Waals surface area (Å²) < 4.78 is 0. The van der Waals surface area contributed by atoms with Crippen LogP contribution >= 0.6 is 11.6 Å². The summed E-state index contributed by atoms with van der Waals surface area (Å²) in [4.78, 5) is 13.9. The van der Waals surface area contributed by atoms with Crippen LogP contribution in [0.15, 0.2) is 24.3 Å². The molecule has 1 saturated heterocycles. The lowest BCUT2D eigenvalue weighted by Gasteiger charge is -2.31. The number of nitrogens with zero attached hydrogens (tertiary/aromatic N) is 1. The fourth-order valence-corrected chi connectivity index (χ4v) is 2.59. The Hall–Kier alpha value is -1.10. The first-order valence-electron chi connectivity index (χ1n) is 6.92. The summed E-state index contributed by atoms with van der Waals surface area (Å²) in [6.45, 7) is 1.52. The Bertz CT molecular complexity index is 441. The maximum Gasteiger partial charge on any atom is 0.225 e. The number of carbonyl (C=O) groups excluding carboxylic acids is 1. The van der Waals surface area contributed by atoms with E-state index in [4.69, 9.17) is 16.7 Å². The molecule has 1 fully saturated rings. The highest BCUT2D eigenvalue weighted by Gasteiger charge is 2.24. The van der Waals surface area contributed by atoms with Crippen LogP contribution in [0.2, 0.25) is 5.02 Å². The first-order chi connectivity index (χ1) is 9.60. The number of hydrogen-bond acceptors (Lipinski definition) is 3. The zero-order valence-corrected chi connectivity index (χ0v) is 12.1. The van der Waals surface area contributed by atoms with Gasteiger partial charge in [-0.25, -0.2) is 0 Å². The summed E-state index contributed by atoms with van der Waals surface area (Å²) >= 11 is 5.79. The fraction of sp³-hybridized carbons (Fsp3) is 0.533. The van der Waals surface area contributed by atoms with Gasteiger partial charge in [0, 0.05) is 24.7 Å². The van der Waals surface area contributed by atoms with Crippen molar-refractivity contribution in [2.24, 2.45) is 5.92 Å². The Kier molecular flexibility index (Phi) is 5.40. The number of amides is 1. The summed E-state index contributed by atoms with van der Waals surface area (Å²) in [5.74, 6) is 0.268. The Labute approximate surface area is 124 Å². The number of piperidine rings is 1. The Morgan fingerprint density at radius 3 is 2.45 bits per heavy atom. The third-order valence-corrected chi connectivity index (χ3v) is 4.10. The molecule has 1 heterocycles. The maximum absolute atomic E-state index is 12.1. The number of hydrogen-bond donors (Lipinski definition) is 2. The van der Waals surface area contributed by atoms with Crippen LogP contribution in [0.3, 0.4) is 0 Å². The third-order valence-electron chi connectivity index (χ3n) is 3.85. The van der Waals surface area contributed by atoms with Crippen LogP contribution in [0.1, 0.15) is 30.9 Å². The topological polar surface area (TPSA) is 60.8 Å². The van der Waals surface area contributed by atoms with Crippen molar-refractivity contribution in [3.05, 3.63) is 34.9 Å². The molecule has 0 aliphatic carbocycles. The van der Waals surface area contributed by atoms with E-state index in [9.17, 15) is 9.90 Å². The predicted octanol–water partition coefficient (Wildman–Crippen LogP) is 1.99. The second-order valence-corrected chi connectivity index (χ2v) is 5.71. The van der Waals surface area contributed by atoms with Gasteiger partial charge in [0.05, 0.1) is 12.5 Å². The minimum Gasteiger partial charge on any atom is -0.396 e. The van der Waals surface area contributed by atoms with Gasteiger partial charge >= 0.3 is 0 Å². The molecule has 1 aromatic rings. The molecule has 4 nitrogen and oxygen atoms in total. The molecular formula is C15H20ClNO3. The molecule has 1 unspecified atom stereocenters. The van der Waals surface area contributed by atoms with Crippen LogP contribution in [0, 0.1) is 5.92 Å². The number of benzene rings is 1. The second kappa shape index (κ2) is 7.07. The van der Waals surface area contributed by atoms with E-state index in [1.807, 2.05) is 0 Å². The van der Waals surface area contributed by atoms with Crippen molar-refractivity contribution in [3.8, 4) is 0 Å². The van der Waals surface area contributed by atoms with Gasteiger partial charge in [-0.2, -0.15) is 0 Å². The first-order valence-corrected chi connectivity index (χ1v) is 7.30. The van der Waals surface area contributed by atoms with Crippen molar-refractivity contribution in [1.29, 1.82) is 0 Å². The van der Waals surface area contributed by atoms with Crippen molar-refractivity contribution in [1.82, 2.24) is 4.90 Å². The predicted molar refractivity (Wildman–Crippen MR) is 77.4 cm³/mol. The molecule has 2 N–H and O–H groups in total. The summed E-state index contributed by atoms with van der Waals surface area (Å²) in [5.41, 5.74) is 0.702. The maximum atomic E-state index is 12.1. The highest BCUT2D eigenvalue weighted by Crippen LogP contribution is 2.22. The first kappa shape index (κ1) is 15.3. The Morgan fingerprint density at radius 1 is 1.30 bits per heavy atom. The van der Waals surface area contributed by atoms with Crippen LogP contribution in [-0.2, 0) is 4.79 Å². The molecule has 1 atom stereocenters. The quantitative estimate of drug-likeness (QED) is 0.893. The van der Waals surface area contributed by atoms with Gasteiger partial charge in [0.15, 0.2) is 0 Å². The summed E-state index contributed by atoms with van der Waals surface area (Å²) in [6, 6.07) is 6.88. The monoisotopic (exact) mass is 297 g/mol. The van der Waals surface area contributed by atoms with Crippen LogP contribution in [0.4, 0.5) is 0 Å². The summed E-state index contributed by atoms with van der Waals surface area (Å²) in [6.07, 6.45) is 0.958. The van der Waals surface area contributed by atoms with Crippen molar-refractivity contribution in [2.45, 2.75) is 25.4 Å². The molecular weight excluding hydrogens is 278 g/mol. The zero-order chi connectivity index (χ0) is 14.5. The van der Waals surface area contributed by atoms with Crippen LogP contribution < -0.4 is 0 Å². The van der Waals surface area contributed by atoms with E-state index in [-0.39, 0.29) is 18.9 Å². The lowest BCUT2D eigenvalue weighted by molar-refractivity contribution is -0.134. The van der Waals surface area contributed by atoms with E-state index >= 15 is 0 Å². The van der Waals surface area contributed by atoms with Gasteiger partial charge in [0.1, 0.15) is 0 Å². The molecule has 2 rings (SSSR count). The number of aliphatic hydroxyl groups is 2. The number of carbonyl (C=O) groups is 1. The van der Waals surface area contributed by atoms with Crippen molar-refractivity contribution < 1.29 is 15.0 Å². The highest BCUT2D eigenvalue weighted by atomic mass is 35.5. The van der Waals surface area contributed by atoms with E-state index in [0.29, 0.717) is 29.6 Å². The third kappa shape index (κ3) is 3.95. The molecule has 0 aromatic heterocycles. The summed E-state index contributed by atoms with van der Waals surface area (Å²) in [7, 11) is 0. The molecule has 1 amide bonds. The molecule has 5 heteroatoms. The summed E-state index contributed by atoms with van der Waals surface area (Å²) in [5, 5.41) is 19.8. The molecule has 0 bridgehead atoms. The van der Waals surface area contributed by atoms with Gasteiger partial charge in [-0.3, -0.25) is 4.79 Å². The largest absolute Gasteiger partial charge is 0.396 e. The van der Waals surface area contributed by atoms with Gasteiger partial charge in [-0.05, 0) is 36.5 Å². The molecule has 0 saturated carbocycles. The van der Waals surface area contributed by atoms with Crippen molar-refractivity contribution in [2.75, 3.05) is 19.7 Å². The van der Waals surface area contributed by atoms with Crippen molar-refractivity contribution in [3.63, 3.8) is 0 Å². The van der Waals surface area contributed by atoms with Crippen molar-refractivity contribution >= 4 is 17.5 Å². The van der Waals surface area contributed by atoms with Crippen LogP contribution in [0.25, 0.3) is 0 Å². The van der Waals surface area contributed by atoms with Crippen LogP contribution in [-0.4, -0.2) is 40.7 Å². The number of rotatable bonds is 4. The molecule has 110 valence electrons. The van der Waals surface area contributed by atoms with E-state index in [0.717, 1.165) is 12.8 Å². The van der Waals surface area contributed by atoms with Gasteiger partial charge in [-0.1, -0.05) is 23.7 Å². The van der Waals surface area contributed by atoms with E-state index < -0.39 is 6.10 Å². The average Bonchev–Trinajstić information content (AvgIpc) is 2.48. The van der Waals surface area contributed by atoms with Crippen LogP contribution in [0.5, 0.6) is 0 Å². The molecule has 20 heavy (non-hydrogen) atoms. The number of halogens is 1. The molecule has 1 aliphatic rings. The normalized spacial score (nSPS) is 18.1. The zero-order valence-electron chi connectivity index (χ0n) is 11.3. The van der Waals surface area contributed by atoms with Gasteiger partial charge in [-0.15, -0.1) is 0 Å². The van der Waals surface area contributed by atoms with Gasteiger partial charge < -0.3 is 15.1 Å². The second-order valence-electron chi connectivity index (χ2n) is 5.28. The Balaban J connectivity index is 1.86. The lowest BCUT2D eigenvalue weighted by atomic mass is 9.97. The highest BCUT2D eigenvalue weighted by molar-refractivity contribution is 6.30. The minimum absolute atomic E-state index is 0.0381. The van der Waals surface area contributed by atoms with E-state index in [1.165, 1.54) is 0 Å². The van der Waals surface area contributed by atoms with E-state index in [2.05, 4.69) is 0 Å². The molecule has 0 spiro atoms. The Morgan fingerprint density at radius 2 is 1.90 bits per heavy atom. The molecule has 1 aliphatic heterocycles. The number of aliphatic hydroxyl groups excluding tert-OH is 2. The fourth-order valence-electron chi connectivity index (χ4n) is 2.46. The smallest absolute Gasteiger partial charge is 0.225 e. The van der Waals surface area contributed by atoms with Gasteiger partial charge in [0.25, 0.3) is 0 Å². The molecule has 0 radical (unpaired) electrons. The minimum atomic E-state index is -0.796. The van der Waals surface area contributed by atoms with Gasteiger partial charge in [0.2, 0.25) is 5.91 Å². The molecule has 1 aromatic carbocycles. The number of likely N-dealkylation sites (tertiary alicyclic amines) is 1.